The maximum atomic E-state index is 8.73. The molecule has 1 aliphatic carbocycles. The lowest BCUT2D eigenvalue weighted by Gasteiger charge is -2.13. The molecule has 1 aromatic heterocycles. The zero-order valence-corrected chi connectivity index (χ0v) is 9.61. The average molecular weight is 215 g/mol. The fraction of sp³-hybridized carbons (Fsp3) is 0.538. The fourth-order valence-electron chi connectivity index (χ4n) is 1.87. The summed E-state index contributed by atoms with van der Waals surface area (Å²) in [4.78, 5) is 3.95. The van der Waals surface area contributed by atoms with Crippen molar-refractivity contribution in [3.8, 4) is 6.07 Å². The van der Waals surface area contributed by atoms with Gasteiger partial charge >= 0.3 is 0 Å². The topological polar surface area (TPSA) is 48.7 Å². The third-order valence-electron chi connectivity index (χ3n) is 2.98. The Hall–Kier alpha value is -1.40. The molecule has 1 aromatic rings. The molecule has 1 aliphatic rings. The summed E-state index contributed by atoms with van der Waals surface area (Å²) in [5.74, 6) is 0.953. The molecule has 84 valence electrons. The van der Waals surface area contributed by atoms with Gasteiger partial charge < -0.3 is 5.32 Å². The molecule has 0 radical (unpaired) electrons. The van der Waals surface area contributed by atoms with Gasteiger partial charge in [-0.05, 0) is 37.0 Å². The molecular weight excluding hydrogens is 198 g/mol. The lowest BCUT2D eigenvalue weighted by molar-refractivity contribution is 0.487. The maximum Gasteiger partial charge on any atom is 0.140 e. The molecule has 1 unspecified atom stereocenters. The minimum atomic E-state index is 0.495. The van der Waals surface area contributed by atoms with Crippen molar-refractivity contribution in [2.45, 2.75) is 38.8 Å². The highest BCUT2D eigenvalue weighted by molar-refractivity contribution is 5.25. The predicted molar refractivity (Wildman–Crippen MR) is 62.6 cm³/mol. The van der Waals surface area contributed by atoms with Crippen molar-refractivity contribution >= 4 is 0 Å². The Bertz CT molecular complexity index is 390. The Labute approximate surface area is 96.5 Å². The van der Waals surface area contributed by atoms with E-state index in [2.05, 4.69) is 23.3 Å². The average Bonchev–Trinajstić information content (AvgIpc) is 3.10. The van der Waals surface area contributed by atoms with Gasteiger partial charge in [0, 0.05) is 18.8 Å². The Morgan fingerprint density at radius 1 is 1.62 bits per heavy atom. The quantitative estimate of drug-likeness (QED) is 0.819. The van der Waals surface area contributed by atoms with E-state index in [1.165, 1.54) is 19.3 Å². The second-order valence-corrected chi connectivity index (χ2v) is 4.62. The van der Waals surface area contributed by atoms with Crippen molar-refractivity contribution in [2.24, 2.45) is 5.92 Å². The van der Waals surface area contributed by atoms with Crippen molar-refractivity contribution in [2.75, 3.05) is 0 Å². The maximum absolute atomic E-state index is 8.73. The van der Waals surface area contributed by atoms with Crippen molar-refractivity contribution in [3.05, 3.63) is 29.6 Å². The van der Waals surface area contributed by atoms with Crippen LogP contribution in [0.25, 0.3) is 0 Å². The summed E-state index contributed by atoms with van der Waals surface area (Å²) in [6.07, 6.45) is 5.77. The van der Waals surface area contributed by atoms with Gasteiger partial charge in [0.2, 0.25) is 0 Å². The van der Waals surface area contributed by atoms with Gasteiger partial charge in [0.1, 0.15) is 11.8 Å². The van der Waals surface area contributed by atoms with E-state index in [1.807, 2.05) is 12.1 Å². The van der Waals surface area contributed by atoms with Crippen LogP contribution < -0.4 is 5.32 Å². The van der Waals surface area contributed by atoms with E-state index in [0.717, 1.165) is 18.0 Å². The van der Waals surface area contributed by atoms with Crippen molar-refractivity contribution in [1.82, 2.24) is 10.3 Å². The number of rotatable bonds is 5. The Balaban J connectivity index is 1.81. The zero-order valence-electron chi connectivity index (χ0n) is 9.61. The van der Waals surface area contributed by atoms with Gasteiger partial charge in [0.25, 0.3) is 0 Å². The van der Waals surface area contributed by atoms with E-state index in [1.54, 1.807) is 6.20 Å². The van der Waals surface area contributed by atoms with Crippen molar-refractivity contribution in [1.29, 1.82) is 5.26 Å². The summed E-state index contributed by atoms with van der Waals surface area (Å²) in [6.45, 7) is 3.05. The van der Waals surface area contributed by atoms with Gasteiger partial charge in [0.15, 0.2) is 0 Å². The van der Waals surface area contributed by atoms with E-state index in [-0.39, 0.29) is 0 Å². The van der Waals surface area contributed by atoms with Crippen LogP contribution in [0.3, 0.4) is 0 Å². The Morgan fingerprint density at radius 2 is 2.44 bits per heavy atom. The minimum absolute atomic E-state index is 0.495. The molecular formula is C13H17N3. The molecule has 0 aliphatic heterocycles. The third-order valence-corrected chi connectivity index (χ3v) is 2.98. The largest absolute Gasteiger partial charge is 0.310 e. The molecule has 3 heteroatoms. The second kappa shape index (κ2) is 5.09. The first kappa shape index (κ1) is 11.1. The number of hydrogen-bond donors (Lipinski definition) is 1. The van der Waals surface area contributed by atoms with E-state index >= 15 is 0 Å². The number of aromatic nitrogens is 1. The highest BCUT2D eigenvalue weighted by Gasteiger charge is 2.23. The number of pyridine rings is 1. The summed E-state index contributed by atoms with van der Waals surface area (Å²) in [7, 11) is 0. The van der Waals surface area contributed by atoms with Crippen LogP contribution in [-0.2, 0) is 6.54 Å². The first-order chi connectivity index (χ1) is 7.78. The SMILES string of the molecule is CC(CC1CC1)NCc1ccnc(C#N)c1. The van der Waals surface area contributed by atoms with Gasteiger partial charge in [-0.2, -0.15) is 5.26 Å². The van der Waals surface area contributed by atoms with Crippen LogP contribution in [0.15, 0.2) is 18.3 Å². The fourth-order valence-corrected chi connectivity index (χ4v) is 1.87. The van der Waals surface area contributed by atoms with Crippen LogP contribution in [-0.4, -0.2) is 11.0 Å². The van der Waals surface area contributed by atoms with Crippen LogP contribution >= 0.6 is 0 Å². The predicted octanol–water partition coefficient (Wildman–Crippen LogP) is 2.23. The third kappa shape index (κ3) is 3.32. The van der Waals surface area contributed by atoms with Crippen molar-refractivity contribution < 1.29 is 0 Å². The zero-order chi connectivity index (χ0) is 11.4. The van der Waals surface area contributed by atoms with Gasteiger partial charge in [-0.3, -0.25) is 0 Å². The second-order valence-electron chi connectivity index (χ2n) is 4.62. The number of hydrogen-bond acceptors (Lipinski definition) is 3. The monoisotopic (exact) mass is 215 g/mol. The smallest absolute Gasteiger partial charge is 0.140 e. The highest BCUT2D eigenvalue weighted by atomic mass is 14.9. The highest BCUT2D eigenvalue weighted by Crippen LogP contribution is 2.33. The minimum Gasteiger partial charge on any atom is -0.310 e. The lowest BCUT2D eigenvalue weighted by atomic mass is 10.1. The van der Waals surface area contributed by atoms with E-state index < -0.39 is 0 Å². The van der Waals surface area contributed by atoms with Crippen LogP contribution in [0.5, 0.6) is 0 Å². The molecule has 2 rings (SSSR count). The van der Waals surface area contributed by atoms with E-state index in [4.69, 9.17) is 5.26 Å². The first-order valence-corrected chi connectivity index (χ1v) is 5.86. The van der Waals surface area contributed by atoms with Crippen LogP contribution in [0.1, 0.15) is 37.4 Å². The molecule has 1 fully saturated rings. The van der Waals surface area contributed by atoms with Crippen LogP contribution in [0, 0.1) is 17.2 Å². The number of nitrogens with one attached hydrogen (secondary N) is 1. The molecule has 1 saturated carbocycles. The normalized spacial score (nSPS) is 16.8. The summed E-state index contributed by atoms with van der Waals surface area (Å²) in [6, 6.07) is 6.42. The van der Waals surface area contributed by atoms with Gasteiger partial charge in [-0.1, -0.05) is 12.8 Å². The first-order valence-electron chi connectivity index (χ1n) is 5.86. The van der Waals surface area contributed by atoms with Crippen LogP contribution in [0.2, 0.25) is 0 Å². The molecule has 0 bridgehead atoms. The van der Waals surface area contributed by atoms with E-state index in [0.29, 0.717) is 11.7 Å². The summed E-state index contributed by atoms with van der Waals surface area (Å²) >= 11 is 0. The molecule has 1 N–H and O–H groups in total. The standard InChI is InChI=1S/C13H17N3/c1-10(6-11-2-3-11)16-9-12-4-5-15-13(7-12)8-14/h4-5,7,10-11,16H,2-3,6,9H2,1H3. The van der Waals surface area contributed by atoms with E-state index in [9.17, 15) is 0 Å². The van der Waals surface area contributed by atoms with Crippen LogP contribution in [0.4, 0.5) is 0 Å². The Morgan fingerprint density at radius 3 is 3.12 bits per heavy atom. The Kier molecular flexibility index (Phi) is 3.53. The molecule has 3 nitrogen and oxygen atoms in total. The molecule has 16 heavy (non-hydrogen) atoms. The number of nitriles is 1. The molecule has 1 heterocycles. The van der Waals surface area contributed by atoms with Crippen molar-refractivity contribution in [3.63, 3.8) is 0 Å². The molecule has 1 atom stereocenters. The van der Waals surface area contributed by atoms with Gasteiger partial charge in [0.05, 0.1) is 0 Å². The summed E-state index contributed by atoms with van der Waals surface area (Å²) in [5, 5.41) is 12.2. The molecule has 0 saturated heterocycles. The summed E-state index contributed by atoms with van der Waals surface area (Å²) in [5.41, 5.74) is 1.63. The molecule has 0 amide bonds. The molecule has 0 aromatic carbocycles. The molecule has 0 spiro atoms. The number of nitrogens with zero attached hydrogens (tertiary/aromatic N) is 2. The lowest BCUT2D eigenvalue weighted by Crippen LogP contribution is -2.25. The van der Waals surface area contributed by atoms with Gasteiger partial charge in [-0.15, -0.1) is 0 Å². The summed E-state index contributed by atoms with van der Waals surface area (Å²) < 4.78 is 0. The van der Waals surface area contributed by atoms with Gasteiger partial charge in [-0.25, -0.2) is 4.98 Å².